The lowest BCUT2D eigenvalue weighted by Crippen LogP contribution is -2.32. The maximum absolute atomic E-state index is 13.7. The molecule has 14 aromatic rings. The predicted molar refractivity (Wildman–Crippen MR) is 504 cm³/mol. The molecule has 0 spiro atoms. The number of carbonyl (C=O) groups excluding carboxylic acids is 12. The summed E-state index contributed by atoms with van der Waals surface area (Å²) in [5.41, 5.74) is 4.36. The van der Waals surface area contributed by atoms with Crippen LogP contribution in [0.25, 0.3) is 43.6 Å². The molecule has 0 unspecified atom stereocenters. The van der Waals surface area contributed by atoms with Gasteiger partial charge in [-0.15, -0.1) is 0 Å². The third-order valence-electron chi connectivity index (χ3n) is 22.5. The summed E-state index contributed by atoms with van der Waals surface area (Å²) in [5.74, 6) is -6.11. The number of pyridine rings is 4. The monoisotopic (exact) mass is 1780 g/mol. The summed E-state index contributed by atoms with van der Waals surface area (Å²) in [6, 6.07) is 75.4. The van der Waals surface area contributed by atoms with Crippen molar-refractivity contribution in [2.24, 2.45) is 28.2 Å². The van der Waals surface area contributed by atoms with Crippen molar-refractivity contribution in [3.63, 3.8) is 0 Å². The smallest absolute Gasteiger partial charge is 0.265 e. The van der Waals surface area contributed by atoms with Gasteiger partial charge in [-0.1, -0.05) is 170 Å². The van der Waals surface area contributed by atoms with Crippen molar-refractivity contribution >= 4 is 125 Å². The van der Waals surface area contributed by atoms with Gasteiger partial charge in [0.05, 0.1) is 34.5 Å². The predicted octanol–water partition coefficient (Wildman–Crippen LogP) is 15.9. The summed E-state index contributed by atoms with van der Waals surface area (Å²) >= 11 is 0. The summed E-state index contributed by atoms with van der Waals surface area (Å²) in [4.78, 5) is 200. The van der Waals surface area contributed by atoms with E-state index in [4.69, 9.17) is 0 Å². The average molecular weight is 1780 g/mol. The third-order valence-corrected chi connectivity index (χ3v) is 22.5. The molecule has 4 aromatic heterocycles. The normalized spacial score (nSPS) is 10.9. The molecule has 0 bridgehead atoms. The molecule has 27 heteroatoms. The molecule has 14 rings (SSSR count). The van der Waals surface area contributed by atoms with Crippen molar-refractivity contribution < 1.29 is 78.0 Å². The number of aromatic hydroxyl groups is 4. The third kappa shape index (κ3) is 22.8. The van der Waals surface area contributed by atoms with Crippen LogP contribution in [0, 0.1) is 0 Å². The highest BCUT2D eigenvalue weighted by atomic mass is 16.3. The number of aromatic nitrogens is 4. The fourth-order valence-corrected chi connectivity index (χ4v) is 15.4. The second kappa shape index (κ2) is 43.5. The van der Waals surface area contributed by atoms with Gasteiger partial charge in [0.2, 0.25) is 5.91 Å². The van der Waals surface area contributed by atoms with E-state index in [0.717, 1.165) is 27.8 Å². The van der Waals surface area contributed by atoms with Crippen LogP contribution in [0.4, 0.5) is 11.4 Å². The minimum Gasteiger partial charge on any atom is -0.506 e. The molecule has 0 radical (unpaired) electrons. The van der Waals surface area contributed by atoms with E-state index >= 15 is 0 Å². The van der Waals surface area contributed by atoms with Crippen LogP contribution in [-0.4, -0.2) is 120 Å². The first-order chi connectivity index (χ1) is 63.0. The Labute approximate surface area is 757 Å². The molecule has 10 aromatic carbocycles. The molecular weight excluding hydrogens is 1680 g/mol. The Morgan fingerprint density at radius 1 is 0.318 bits per heavy atom. The number of carbonyl (C=O) groups is 12. The standard InChI is InChI=1S/C30H28N2O5.C30H27NO5.C23H22N2O5.C22H20N2O5/c1-19(33)14-17-25(34)26-28(35)23-18-22(15-16-24(23)31(2)30(26)37)29(36)32(3)27(20-10-6-4-7-11-20)21-12-8-5-9-13-21;1-19(32)13-16-26(33)28-29(35)24-17-22(14-15-25(24)31(2)30(28)36)27(34)18-23(20-9-5-3-6-10-20)21-11-7-4-8-12-21;1-14(26)8-11-19(27)21-22(29)17-13-16(9-10-18(17)25(2)23(21)30)24-20(28)12-15-6-4-3-5-7-15;1-13(25)8-11-18(26)19-20(27)16-12-15(9-10-17(16)24(2)22(19)29)23-21(28)14-6-4-3-5-7-14/h4-13,15-16,18,27,35H,14,17H2,1-3H3;3-12,14-15,17,23,35H,13,16,18H2,1-2H3;3-7,9-10,13,29H,8,11-12H2,1-2H3,(H,24,28);3-7,9-10,12,27H,8,11H2,1-2H3,(H,23,28). The number of nitrogens with one attached hydrogen (secondary N) is 2. The molecule has 3 amide bonds. The average Bonchev–Trinajstić information content (AvgIpc) is 0.768. The molecule has 132 heavy (non-hydrogen) atoms. The van der Waals surface area contributed by atoms with E-state index in [2.05, 4.69) is 10.6 Å². The highest BCUT2D eigenvalue weighted by Gasteiger charge is 2.31. The maximum Gasteiger partial charge on any atom is 0.265 e. The summed E-state index contributed by atoms with van der Waals surface area (Å²) in [7, 11) is 7.72. The van der Waals surface area contributed by atoms with Crippen molar-refractivity contribution in [3.05, 3.63) is 363 Å². The SMILES string of the molecule is CC(=O)CCC(=O)c1c(O)c2cc(C(=O)CC(c3ccccc3)c3ccccc3)ccc2n(C)c1=O.CC(=O)CCC(=O)c1c(O)c2cc(C(=O)N(C)C(c3ccccc3)c3ccccc3)ccc2n(C)c1=O.CC(=O)CCC(=O)c1c(O)c2cc(NC(=O)Cc3ccccc3)ccc2n(C)c1=O.CC(=O)CCC(=O)c1c(O)c2cc(NC(=O)c3ccccc3)ccc2n(C)c1=O. The molecule has 0 atom stereocenters. The zero-order valence-electron chi connectivity index (χ0n) is 74.0. The Balaban J connectivity index is 0.000000171. The van der Waals surface area contributed by atoms with E-state index in [9.17, 15) is 97.1 Å². The second-order valence-electron chi connectivity index (χ2n) is 32.0. The minimum absolute atomic E-state index is 0.00491. The second-order valence-corrected chi connectivity index (χ2v) is 32.0. The Morgan fingerprint density at radius 3 is 0.947 bits per heavy atom. The Morgan fingerprint density at radius 2 is 0.606 bits per heavy atom. The lowest BCUT2D eigenvalue weighted by molar-refractivity contribution is -0.117. The van der Waals surface area contributed by atoms with Crippen LogP contribution in [0.1, 0.15) is 198 Å². The number of rotatable bonds is 30. The number of ketones is 9. The molecule has 0 saturated carbocycles. The Kier molecular flexibility index (Phi) is 31.7. The van der Waals surface area contributed by atoms with Crippen LogP contribution in [0.2, 0.25) is 0 Å². The van der Waals surface area contributed by atoms with E-state index < -0.39 is 68.4 Å². The van der Waals surface area contributed by atoms with Crippen LogP contribution in [-0.2, 0) is 58.6 Å². The lowest BCUT2D eigenvalue weighted by atomic mass is 9.85. The number of amides is 3. The molecule has 0 aliphatic heterocycles. The van der Waals surface area contributed by atoms with E-state index in [1.807, 2.05) is 152 Å². The molecular formula is C105H97N7O20. The first-order valence-electron chi connectivity index (χ1n) is 42.3. The van der Waals surface area contributed by atoms with E-state index in [1.165, 1.54) is 98.4 Å². The fourth-order valence-electron chi connectivity index (χ4n) is 15.4. The molecule has 0 saturated heterocycles. The van der Waals surface area contributed by atoms with Gasteiger partial charge in [0.1, 0.15) is 68.4 Å². The molecule has 672 valence electrons. The highest BCUT2D eigenvalue weighted by Crippen LogP contribution is 2.37. The maximum atomic E-state index is 13.7. The first-order valence-corrected chi connectivity index (χ1v) is 42.3. The molecule has 0 aliphatic rings. The van der Waals surface area contributed by atoms with E-state index in [1.54, 1.807) is 90.8 Å². The molecule has 0 aliphatic carbocycles. The first kappa shape index (κ1) is 96.3. The van der Waals surface area contributed by atoms with Gasteiger partial charge in [0.25, 0.3) is 34.1 Å². The Hall–Kier alpha value is -16.3. The van der Waals surface area contributed by atoms with Crippen molar-refractivity contribution in [2.75, 3.05) is 17.7 Å². The quantitative estimate of drug-likeness (QED) is 0.0228. The lowest BCUT2D eigenvalue weighted by Gasteiger charge is -2.29. The number of hydrogen-bond donors (Lipinski definition) is 6. The van der Waals surface area contributed by atoms with Gasteiger partial charge in [-0.3, -0.25) is 57.5 Å². The number of Topliss-reactive ketones (excluding diaryl/α,β-unsaturated/α-hetero) is 9. The zero-order valence-corrected chi connectivity index (χ0v) is 74.0. The van der Waals surface area contributed by atoms with Crippen molar-refractivity contribution in [2.45, 2.75) is 104 Å². The Bertz CT molecular complexity index is 7030. The molecule has 27 nitrogen and oxygen atoms in total. The van der Waals surface area contributed by atoms with Crippen LogP contribution >= 0.6 is 0 Å². The van der Waals surface area contributed by atoms with E-state index in [0.29, 0.717) is 50.1 Å². The molecule has 4 heterocycles. The minimum atomic E-state index is -0.650. The number of nitrogens with zero attached hydrogens (tertiary/aromatic N) is 5. The van der Waals surface area contributed by atoms with E-state index in [-0.39, 0.29) is 167 Å². The number of hydrogen-bond acceptors (Lipinski definition) is 20. The van der Waals surface area contributed by atoms with Crippen molar-refractivity contribution in [1.82, 2.24) is 23.2 Å². The van der Waals surface area contributed by atoms with Gasteiger partial charge >= 0.3 is 0 Å². The van der Waals surface area contributed by atoms with Gasteiger partial charge in [-0.2, -0.15) is 0 Å². The summed E-state index contributed by atoms with van der Waals surface area (Å²) in [6.45, 7) is 5.43. The molecule has 6 N–H and O–H groups in total. The van der Waals surface area contributed by atoms with Crippen LogP contribution in [0.15, 0.2) is 274 Å². The summed E-state index contributed by atoms with van der Waals surface area (Å²) in [5, 5.41) is 49.6. The van der Waals surface area contributed by atoms with Crippen molar-refractivity contribution in [3.8, 4) is 23.0 Å². The van der Waals surface area contributed by atoms with Crippen molar-refractivity contribution in [1.29, 1.82) is 0 Å². The van der Waals surface area contributed by atoms with Crippen LogP contribution < -0.4 is 32.9 Å². The highest BCUT2D eigenvalue weighted by molar-refractivity contribution is 6.11. The van der Waals surface area contributed by atoms with Gasteiger partial charge in [-0.05, 0) is 140 Å². The number of fused-ring (bicyclic) bond motifs is 4. The summed E-state index contributed by atoms with van der Waals surface area (Å²) in [6.07, 6.45) is -0.323. The fraction of sp³-hybridized carbons (Fsp3) is 0.200. The number of aryl methyl sites for hydroxylation is 4. The van der Waals surface area contributed by atoms with Gasteiger partial charge in [0, 0.05) is 149 Å². The van der Waals surface area contributed by atoms with Gasteiger partial charge in [0.15, 0.2) is 28.9 Å². The molecule has 0 fully saturated rings. The summed E-state index contributed by atoms with van der Waals surface area (Å²) < 4.78 is 5.08. The largest absolute Gasteiger partial charge is 0.506 e. The number of anilines is 2. The topological polar surface area (TPSA) is 401 Å². The zero-order chi connectivity index (χ0) is 95.5. The number of benzene rings is 10. The van der Waals surface area contributed by atoms with Gasteiger partial charge < -0.3 is 73.4 Å². The van der Waals surface area contributed by atoms with Gasteiger partial charge in [-0.25, -0.2) is 0 Å². The van der Waals surface area contributed by atoms with Crippen LogP contribution in [0.3, 0.4) is 0 Å². The van der Waals surface area contributed by atoms with Crippen LogP contribution in [0.5, 0.6) is 23.0 Å².